The lowest BCUT2D eigenvalue weighted by Crippen LogP contribution is -2.27. The maximum absolute atomic E-state index is 11.4. The quantitative estimate of drug-likeness (QED) is 0.661. The SMILES string of the molecule is CC(C)NCCn1cc(Br)c(=O)c([N+](=O)[O-])c1. The minimum atomic E-state index is -0.667. The van der Waals surface area contributed by atoms with Crippen molar-refractivity contribution in [2.24, 2.45) is 0 Å². The predicted octanol–water partition coefficient (Wildman–Crippen LogP) is 1.52. The van der Waals surface area contributed by atoms with Gasteiger partial charge >= 0.3 is 5.69 Å². The van der Waals surface area contributed by atoms with Crippen LogP contribution >= 0.6 is 15.9 Å². The molecule has 6 nitrogen and oxygen atoms in total. The Bertz CT molecular complexity index is 470. The molecule has 0 aliphatic rings. The van der Waals surface area contributed by atoms with Crippen LogP contribution in [0.25, 0.3) is 0 Å². The second kappa shape index (κ2) is 5.92. The molecule has 0 amide bonds. The zero-order valence-electron chi connectivity index (χ0n) is 9.64. The van der Waals surface area contributed by atoms with Crippen molar-refractivity contribution >= 4 is 21.6 Å². The number of hydrogen-bond donors (Lipinski definition) is 1. The normalized spacial score (nSPS) is 10.8. The van der Waals surface area contributed by atoms with Crippen LogP contribution in [0, 0.1) is 10.1 Å². The van der Waals surface area contributed by atoms with E-state index in [1.807, 2.05) is 13.8 Å². The lowest BCUT2D eigenvalue weighted by molar-refractivity contribution is -0.386. The molecule has 1 rings (SSSR count). The molecule has 1 heterocycles. The molecule has 1 aromatic rings. The molecule has 0 atom stereocenters. The number of aromatic nitrogens is 1. The third-order valence-corrected chi connectivity index (χ3v) is 2.70. The van der Waals surface area contributed by atoms with Crippen LogP contribution in [0.4, 0.5) is 5.69 Å². The molecule has 7 heteroatoms. The minimum Gasteiger partial charge on any atom is -0.346 e. The molecule has 0 bridgehead atoms. The predicted molar refractivity (Wildman–Crippen MR) is 68.2 cm³/mol. The number of nitro groups is 1. The Morgan fingerprint density at radius 3 is 2.71 bits per heavy atom. The molecule has 0 saturated carbocycles. The zero-order valence-corrected chi connectivity index (χ0v) is 11.2. The second-order valence-corrected chi connectivity index (χ2v) is 4.78. The van der Waals surface area contributed by atoms with Crippen molar-refractivity contribution in [1.29, 1.82) is 0 Å². The standard InChI is InChI=1S/C10H14BrN3O3/c1-7(2)12-3-4-13-5-8(11)10(15)9(6-13)14(16)17/h5-7,12H,3-4H2,1-2H3. The number of rotatable bonds is 5. The summed E-state index contributed by atoms with van der Waals surface area (Å²) in [6, 6.07) is 0.354. The van der Waals surface area contributed by atoms with Gasteiger partial charge in [0.1, 0.15) is 0 Å². The van der Waals surface area contributed by atoms with Crippen LogP contribution in [-0.4, -0.2) is 22.1 Å². The molecule has 0 radical (unpaired) electrons. The maximum Gasteiger partial charge on any atom is 0.333 e. The van der Waals surface area contributed by atoms with Gasteiger partial charge < -0.3 is 9.88 Å². The zero-order chi connectivity index (χ0) is 13.0. The van der Waals surface area contributed by atoms with Gasteiger partial charge in [0.15, 0.2) is 0 Å². The molecule has 0 aromatic carbocycles. The van der Waals surface area contributed by atoms with Gasteiger partial charge in [0.2, 0.25) is 0 Å². The largest absolute Gasteiger partial charge is 0.346 e. The molecular formula is C10H14BrN3O3. The maximum atomic E-state index is 11.4. The first-order valence-corrected chi connectivity index (χ1v) is 5.98. The lowest BCUT2D eigenvalue weighted by atomic mass is 10.3. The monoisotopic (exact) mass is 303 g/mol. The van der Waals surface area contributed by atoms with Gasteiger partial charge in [0.05, 0.1) is 15.6 Å². The fraction of sp³-hybridized carbons (Fsp3) is 0.500. The summed E-state index contributed by atoms with van der Waals surface area (Å²) in [5.74, 6) is 0. The Kier molecular flexibility index (Phi) is 4.83. The van der Waals surface area contributed by atoms with Crippen LogP contribution in [-0.2, 0) is 6.54 Å². The second-order valence-electron chi connectivity index (χ2n) is 3.92. The van der Waals surface area contributed by atoms with Crippen molar-refractivity contribution in [3.63, 3.8) is 0 Å². The van der Waals surface area contributed by atoms with Crippen LogP contribution in [0.15, 0.2) is 21.7 Å². The smallest absolute Gasteiger partial charge is 0.333 e. The van der Waals surface area contributed by atoms with Crippen molar-refractivity contribution < 1.29 is 4.92 Å². The van der Waals surface area contributed by atoms with Gasteiger partial charge in [-0.25, -0.2) is 0 Å². The molecule has 0 fully saturated rings. The highest BCUT2D eigenvalue weighted by molar-refractivity contribution is 9.10. The highest BCUT2D eigenvalue weighted by Crippen LogP contribution is 2.10. The molecule has 1 aromatic heterocycles. The molecule has 0 aliphatic carbocycles. The van der Waals surface area contributed by atoms with Gasteiger partial charge in [0.25, 0.3) is 5.43 Å². The summed E-state index contributed by atoms with van der Waals surface area (Å²) >= 11 is 3.03. The summed E-state index contributed by atoms with van der Waals surface area (Å²) in [5.41, 5.74) is -1.01. The van der Waals surface area contributed by atoms with Crippen molar-refractivity contribution in [3.8, 4) is 0 Å². The summed E-state index contributed by atoms with van der Waals surface area (Å²) in [7, 11) is 0. The van der Waals surface area contributed by atoms with E-state index in [1.165, 1.54) is 6.20 Å². The van der Waals surface area contributed by atoms with Crippen molar-refractivity contribution in [3.05, 3.63) is 37.2 Å². The first kappa shape index (κ1) is 13.9. The van der Waals surface area contributed by atoms with Gasteiger partial charge in [-0.2, -0.15) is 0 Å². The molecule has 0 spiro atoms. The molecular weight excluding hydrogens is 290 g/mol. The van der Waals surface area contributed by atoms with E-state index in [0.29, 0.717) is 19.1 Å². The Balaban J connectivity index is 2.88. The van der Waals surface area contributed by atoms with Gasteiger partial charge in [-0.1, -0.05) is 13.8 Å². The summed E-state index contributed by atoms with van der Waals surface area (Å²) in [5, 5.41) is 13.9. The highest BCUT2D eigenvalue weighted by Gasteiger charge is 2.15. The number of pyridine rings is 1. The van der Waals surface area contributed by atoms with Crippen LogP contribution in [0.3, 0.4) is 0 Å². The number of halogens is 1. The van der Waals surface area contributed by atoms with Gasteiger partial charge in [-0.05, 0) is 15.9 Å². The molecule has 0 aliphatic heterocycles. The fourth-order valence-electron chi connectivity index (χ4n) is 1.32. The van der Waals surface area contributed by atoms with Crippen LogP contribution in [0.5, 0.6) is 0 Å². The fourth-order valence-corrected chi connectivity index (χ4v) is 1.79. The molecule has 1 N–H and O–H groups in total. The van der Waals surface area contributed by atoms with Crippen molar-refractivity contribution in [2.75, 3.05) is 6.54 Å². The molecule has 0 saturated heterocycles. The topological polar surface area (TPSA) is 77.2 Å². The van der Waals surface area contributed by atoms with E-state index in [0.717, 1.165) is 0 Å². The third-order valence-electron chi connectivity index (χ3n) is 2.14. The van der Waals surface area contributed by atoms with E-state index in [4.69, 9.17) is 0 Å². The van der Waals surface area contributed by atoms with Gasteiger partial charge in [-0.15, -0.1) is 0 Å². The molecule has 0 unspecified atom stereocenters. The number of nitrogens with one attached hydrogen (secondary N) is 1. The van der Waals surface area contributed by atoms with Crippen LogP contribution in [0.1, 0.15) is 13.8 Å². The summed E-state index contributed by atoms with van der Waals surface area (Å²) in [4.78, 5) is 21.4. The van der Waals surface area contributed by atoms with E-state index in [9.17, 15) is 14.9 Å². The Hall–Kier alpha value is -1.21. The minimum absolute atomic E-state index is 0.205. The van der Waals surface area contributed by atoms with Crippen LogP contribution in [0.2, 0.25) is 0 Å². The Morgan fingerprint density at radius 1 is 1.53 bits per heavy atom. The summed E-state index contributed by atoms with van der Waals surface area (Å²) in [6.45, 7) is 5.29. The van der Waals surface area contributed by atoms with Crippen molar-refractivity contribution in [2.45, 2.75) is 26.4 Å². The Morgan fingerprint density at radius 2 is 2.18 bits per heavy atom. The van der Waals surface area contributed by atoms with Gasteiger partial charge in [-0.3, -0.25) is 14.9 Å². The third kappa shape index (κ3) is 3.94. The molecule has 17 heavy (non-hydrogen) atoms. The van der Waals surface area contributed by atoms with E-state index in [-0.39, 0.29) is 4.47 Å². The summed E-state index contributed by atoms with van der Waals surface area (Å²) in [6.07, 6.45) is 2.81. The number of nitrogens with zero attached hydrogens (tertiary/aromatic N) is 2. The Labute approximate surface area is 107 Å². The number of hydrogen-bond acceptors (Lipinski definition) is 4. The van der Waals surface area contributed by atoms with E-state index >= 15 is 0 Å². The van der Waals surface area contributed by atoms with E-state index in [1.54, 1.807) is 10.8 Å². The summed E-state index contributed by atoms with van der Waals surface area (Å²) < 4.78 is 1.83. The van der Waals surface area contributed by atoms with E-state index < -0.39 is 16.0 Å². The average molecular weight is 304 g/mol. The highest BCUT2D eigenvalue weighted by atomic mass is 79.9. The average Bonchev–Trinajstić information content (AvgIpc) is 2.22. The van der Waals surface area contributed by atoms with Gasteiger partial charge in [0, 0.05) is 25.3 Å². The lowest BCUT2D eigenvalue weighted by Gasteiger charge is -2.10. The first-order valence-electron chi connectivity index (χ1n) is 5.19. The van der Waals surface area contributed by atoms with E-state index in [2.05, 4.69) is 21.2 Å². The van der Waals surface area contributed by atoms with Crippen molar-refractivity contribution in [1.82, 2.24) is 9.88 Å². The molecule has 94 valence electrons. The first-order chi connectivity index (χ1) is 7.91. The van der Waals surface area contributed by atoms with Crippen LogP contribution < -0.4 is 10.7 Å².